The average molecular weight is 363 g/mol. The van der Waals surface area contributed by atoms with Crippen molar-refractivity contribution in [2.24, 2.45) is 17.4 Å². The minimum atomic E-state index is -0.711. The lowest BCUT2D eigenvalue weighted by molar-refractivity contribution is -0.119. The topological polar surface area (TPSA) is 149 Å². The van der Waals surface area contributed by atoms with Gasteiger partial charge in [0, 0.05) is 0 Å². The van der Waals surface area contributed by atoms with Crippen LogP contribution in [-0.2, 0) is 11.2 Å². The van der Waals surface area contributed by atoms with Gasteiger partial charge in [0.1, 0.15) is 16.9 Å². The highest BCUT2D eigenvalue weighted by atomic mass is 32.1. The van der Waals surface area contributed by atoms with E-state index in [4.69, 9.17) is 11.5 Å². The van der Waals surface area contributed by atoms with E-state index in [1.807, 2.05) is 26.8 Å². The van der Waals surface area contributed by atoms with Gasteiger partial charge in [-0.2, -0.15) is 4.37 Å². The van der Waals surface area contributed by atoms with Crippen LogP contribution < -0.4 is 22.1 Å². The Morgan fingerprint density at radius 2 is 2.04 bits per heavy atom. The van der Waals surface area contributed by atoms with Crippen LogP contribution in [0.1, 0.15) is 37.0 Å². The van der Waals surface area contributed by atoms with Crippen molar-refractivity contribution in [3.8, 4) is 0 Å². The van der Waals surface area contributed by atoms with Crippen molar-refractivity contribution in [3.63, 3.8) is 0 Å². The fourth-order valence-corrected chi connectivity index (χ4v) is 2.83. The molecule has 2 aromatic heterocycles. The SMILES string of the molecule is CCc1cc(Nc2nc(NC(C(N)=O)C(C)C)cnc2C(N)=O)sn1. The molecule has 0 aliphatic heterocycles. The van der Waals surface area contributed by atoms with Crippen LogP contribution in [0.5, 0.6) is 0 Å². The van der Waals surface area contributed by atoms with E-state index in [0.717, 1.165) is 12.1 Å². The lowest BCUT2D eigenvalue weighted by Gasteiger charge is -2.20. The Kier molecular flexibility index (Phi) is 5.86. The number of hydrogen-bond acceptors (Lipinski definition) is 8. The Morgan fingerprint density at radius 1 is 1.32 bits per heavy atom. The molecule has 0 aliphatic rings. The molecule has 0 radical (unpaired) electrons. The fraction of sp³-hybridized carbons (Fsp3) is 0.400. The standard InChI is InChI=1S/C15H21N7O2S/c1-4-8-5-10(25-22-8)21-15-12(14(17)24)18-6-9(20-15)19-11(7(2)3)13(16)23/h5-7,11H,4H2,1-3H3,(H2,16,23)(H2,17,24)(H2,19,20,21). The van der Waals surface area contributed by atoms with Crippen LogP contribution in [0.25, 0.3) is 0 Å². The van der Waals surface area contributed by atoms with Gasteiger partial charge in [-0.05, 0) is 29.9 Å². The summed E-state index contributed by atoms with van der Waals surface area (Å²) in [6.07, 6.45) is 2.14. The third-order valence-electron chi connectivity index (χ3n) is 3.45. The lowest BCUT2D eigenvalue weighted by atomic mass is 10.0. The van der Waals surface area contributed by atoms with E-state index in [2.05, 4.69) is 25.0 Å². The highest BCUT2D eigenvalue weighted by Crippen LogP contribution is 2.24. The molecular formula is C15H21N7O2S. The fourth-order valence-electron chi connectivity index (χ4n) is 2.11. The van der Waals surface area contributed by atoms with Gasteiger partial charge in [-0.3, -0.25) is 9.59 Å². The number of carbonyl (C=O) groups excluding carboxylic acids is 2. The first-order chi connectivity index (χ1) is 11.8. The molecule has 0 aliphatic carbocycles. The van der Waals surface area contributed by atoms with E-state index in [0.29, 0.717) is 10.8 Å². The van der Waals surface area contributed by atoms with Gasteiger partial charge >= 0.3 is 0 Å². The summed E-state index contributed by atoms with van der Waals surface area (Å²) in [5, 5.41) is 6.65. The number of anilines is 3. The quantitative estimate of drug-likeness (QED) is 0.551. The summed E-state index contributed by atoms with van der Waals surface area (Å²) in [4.78, 5) is 31.5. The van der Waals surface area contributed by atoms with E-state index < -0.39 is 17.9 Å². The first-order valence-corrected chi connectivity index (χ1v) is 8.54. The molecule has 0 saturated carbocycles. The second-order valence-corrected chi connectivity index (χ2v) is 6.55. The highest BCUT2D eigenvalue weighted by molar-refractivity contribution is 7.10. The van der Waals surface area contributed by atoms with Gasteiger partial charge in [0.2, 0.25) is 5.91 Å². The van der Waals surface area contributed by atoms with Gasteiger partial charge < -0.3 is 22.1 Å². The number of carbonyl (C=O) groups is 2. The monoisotopic (exact) mass is 363 g/mol. The number of nitrogens with zero attached hydrogens (tertiary/aromatic N) is 3. The third kappa shape index (κ3) is 4.63. The van der Waals surface area contributed by atoms with Crippen LogP contribution in [0.2, 0.25) is 0 Å². The number of rotatable bonds is 8. The van der Waals surface area contributed by atoms with E-state index in [-0.39, 0.29) is 17.4 Å². The number of aryl methyl sites for hydroxylation is 1. The average Bonchev–Trinajstić information content (AvgIpc) is 2.99. The number of aromatic nitrogens is 3. The van der Waals surface area contributed by atoms with Crippen molar-refractivity contribution >= 4 is 40.0 Å². The number of nitrogens with one attached hydrogen (secondary N) is 2. The lowest BCUT2D eigenvalue weighted by Crippen LogP contribution is -2.39. The predicted molar refractivity (Wildman–Crippen MR) is 96.8 cm³/mol. The van der Waals surface area contributed by atoms with Gasteiger partial charge in [-0.25, -0.2) is 9.97 Å². The minimum Gasteiger partial charge on any atom is -0.368 e. The maximum atomic E-state index is 11.6. The molecule has 6 N–H and O–H groups in total. The molecule has 0 spiro atoms. The molecule has 2 heterocycles. The molecule has 10 heteroatoms. The zero-order chi connectivity index (χ0) is 18.6. The van der Waals surface area contributed by atoms with E-state index in [9.17, 15) is 9.59 Å². The molecule has 0 fully saturated rings. The Balaban J connectivity index is 2.32. The molecule has 2 amide bonds. The van der Waals surface area contributed by atoms with Crippen molar-refractivity contribution in [3.05, 3.63) is 23.7 Å². The van der Waals surface area contributed by atoms with Crippen LogP contribution in [0.3, 0.4) is 0 Å². The molecule has 1 unspecified atom stereocenters. The van der Waals surface area contributed by atoms with Gasteiger partial charge in [-0.15, -0.1) is 0 Å². The molecule has 2 aromatic rings. The predicted octanol–water partition coefficient (Wildman–Crippen LogP) is 1.26. The summed E-state index contributed by atoms with van der Waals surface area (Å²) in [5.74, 6) is -0.751. The number of nitrogens with two attached hydrogens (primary N) is 2. The minimum absolute atomic E-state index is 0.00262. The van der Waals surface area contributed by atoms with E-state index >= 15 is 0 Å². The normalized spacial score (nSPS) is 12.0. The van der Waals surface area contributed by atoms with Crippen molar-refractivity contribution in [1.29, 1.82) is 0 Å². The van der Waals surface area contributed by atoms with Gasteiger partial charge in [0.15, 0.2) is 11.5 Å². The van der Waals surface area contributed by atoms with E-state index in [1.165, 1.54) is 17.7 Å². The first-order valence-electron chi connectivity index (χ1n) is 7.77. The second kappa shape index (κ2) is 7.88. The molecule has 0 aromatic carbocycles. The van der Waals surface area contributed by atoms with Crippen LogP contribution >= 0.6 is 11.5 Å². The summed E-state index contributed by atoms with van der Waals surface area (Å²) in [5.41, 5.74) is 11.7. The summed E-state index contributed by atoms with van der Waals surface area (Å²) in [6.45, 7) is 5.71. The number of hydrogen-bond donors (Lipinski definition) is 4. The smallest absolute Gasteiger partial charge is 0.271 e. The Hall–Kier alpha value is -2.75. The van der Waals surface area contributed by atoms with Crippen LogP contribution in [0, 0.1) is 5.92 Å². The maximum absolute atomic E-state index is 11.6. The zero-order valence-corrected chi connectivity index (χ0v) is 15.1. The number of primary amides is 2. The van der Waals surface area contributed by atoms with Crippen LogP contribution in [-0.4, -0.2) is 32.2 Å². The molecule has 25 heavy (non-hydrogen) atoms. The zero-order valence-electron chi connectivity index (χ0n) is 14.2. The summed E-state index contributed by atoms with van der Waals surface area (Å²) >= 11 is 1.24. The Morgan fingerprint density at radius 3 is 2.56 bits per heavy atom. The summed E-state index contributed by atoms with van der Waals surface area (Å²) in [7, 11) is 0. The summed E-state index contributed by atoms with van der Waals surface area (Å²) < 4.78 is 4.26. The second-order valence-electron chi connectivity index (χ2n) is 5.75. The first kappa shape index (κ1) is 18.6. The molecule has 0 saturated heterocycles. The molecule has 2 rings (SSSR count). The molecule has 1 atom stereocenters. The molecule has 9 nitrogen and oxygen atoms in total. The van der Waals surface area contributed by atoms with Crippen molar-refractivity contribution in [2.75, 3.05) is 10.6 Å². The molecule has 134 valence electrons. The van der Waals surface area contributed by atoms with Crippen LogP contribution in [0.15, 0.2) is 12.3 Å². The Labute approximate surface area is 149 Å². The maximum Gasteiger partial charge on any atom is 0.271 e. The molecule has 0 bridgehead atoms. The van der Waals surface area contributed by atoms with Gasteiger partial charge in [0.25, 0.3) is 5.91 Å². The highest BCUT2D eigenvalue weighted by Gasteiger charge is 2.21. The number of amides is 2. The van der Waals surface area contributed by atoms with Crippen molar-refractivity contribution in [1.82, 2.24) is 14.3 Å². The van der Waals surface area contributed by atoms with Crippen LogP contribution in [0.4, 0.5) is 16.6 Å². The largest absolute Gasteiger partial charge is 0.368 e. The third-order valence-corrected chi connectivity index (χ3v) is 4.19. The van der Waals surface area contributed by atoms with Gasteiger partial charge in [-0.1, -0.05) is 20.8 Å². The van der Waals surface area contributed by atoms with E-state index in [1.54, 1.807) is 0 Å². The van der Waals surface area contributed by atoms with Crippen molar-refractivity contribution in [2.45, 2.75) is 33.2 Å². The van der Waals surface area contributed by atoms with Gasteiger partial charge in [0.05, 0.1) is 11.9 Å². The Bertz CT molecular complexity index is 775. The molecular weight excluding hydrogens is 342 g/mol. The summed E-state index contributed by atoms with van der Waals surface area (Å²) in [6, 6.07) is 1.24. The van der Waals surface area contributed by atoms with Crippen molar-refractivity contribution < 1.29 is 9.59 Å².